The number of aromatic nitrogens is 3. The first-order valence-corrected chi connectivity index (χ1v) is 13.3. The number of allylic oxidation sites excluding steroid dienone is 9. The number of ketones is 1. The van der Waals surface area contributed by atoms with Gasteiger partial charge >= 0.3 is 6.68 Å². The van der Waals surface area contributed by atoms with Gasteiger partial charge in [-0.1, -0.05) is 64.7 Å². The molecule has 0 atom stereocenters. The van der Waals surface area contributed by atoms with E-state index in [9.17, 15) is 22.4 Å². The average Bonchev–Trinajstić information content (AvgIpc) is 3.23. The number of alkyl halides is 3. The number of fused-ring (bicyclic) bond motifs is 1. The highest BCUT2D eigenvalue weighted by atomic mass is 19.4. The summed E-state index contributed by atoms with van der Waals surface area (Å²) in [6.45, 7) is 8.00. The van der Waals surface area contributed by atoms with E-state index in [1.54, 1.807) is 29.9 Å². The maximum absolute atomic E-state index is 12.8. The number of carbonyl (C=O) groups excluding carboxylic acids is 1. The van der Waals surface area contributed by atoms with Crippen molar-refractivity contribution < 1.29 is 27.1 Å². The molecule has 0 fully saturated rings. The van der Waals surface area contributed by atoms with Gasteiger partial charge in [0.2, 0.25) is 0 Å². The molecule has 2 aromatic heterocycles. The Bertz CT molecular complexity index is 1220. The average molecular weight is 597 g/mol. The van der Waals surface area contributed by atoms with Crippen LogP contribution >= 0.6 is 0 Å². The zero-order valence-electron chi connectivity index (χ0n) is 25.4. The zero-order valence-corrected chi connectivity index (χ0v) is 25.4. The topological polar surface area (TPSA) is 107 Å². The fourth-order valence-corrected chi connectivity index (χ4v) is 3.23. The smallest absolute Gasteiger partial charge is 0.379 e. The molecule has 0 radical (unpaired) electrons. The second-order valence-electron chi connectivity index (χ2n) is 7.35. The van der Waals surface area contributed by atoms with Crippen LogP contribution in [0.15, 0.2) is 84.9 Å². The molecule has 0 aromatic carbocycles. The number of nitrogens with two attached hydrogens (primary N) is 1. The van der Waals surface area contributed by atoms with Crippen LogP contribution in [-0.4, -0.2) is 54.9 Å². The molecule has 8 nitrogen and oxygen atoms in total. The molecule has 0 saturated heterocycles. The van der Waals surface area contributed by atoms with Gasteiger partial charge in [0.15, 0.2) is 11.6 Å². The molecule has 2 heterocycles. The second-order valence-corrected chi connectivity index (χ2v) is 7.35. The van der Waals surface area contributed by atoms with Crippen LogP contribution in [0.2, 0.25) is 0 Å². The van der Waals surface area contributed by atoms with E-state index < -0.39 is 6.68 Å². The van der Waals surface area contributed by atoms with Crippen LogP contribution in [-0.2, 0) is 11.2 Å². The second kappa shape index (κ2) is 24.6. The Labute approximate surface area is 246 Å². The van der Waals surface area contributed by atoms with E-state index in [-0.39, 0.29) is 18.2 Å². The normalized spacial score (nSPS) is 12.1. The van der Waals surface area contributed by atoms with E-state index in [2.05, 4.69) is 27.3 Å². The minimum absolute atomic E-state index is 0.000931. The molecule has 2 aromatic rings. The lowest BCUT2D eigenvalue weighted by Gasteiger charge is -2.03. The minimum atomic E-state index is -3.67. The Hall–Kier alpha value is -4.19. The van der Waals surface area contributed by atoms with Gasteiger partial charge in [-0.2, -0.15) is 18.3 Å². The summed E-state index contributed by atoms with van der Waals surface area (Å²) in [6.07, 6.45) is 18.5. The maximum atomic E-state index is 12.8. The molecule has 0 amide bonds. The van der Waals surface area contributed by atoms with Crippen LogP contribution in [0, 0.1) is 0 Å². The van der Waals surface area contributed by atoms with Crippen LogP contribution in [0.1, 0.15) is 50.0 Å². The summed E-state index contributed by atoms with van der Waals surface area (Å²) < 4.78 is 48.3. The zero-order chi connectivity index (χ0) is 32.5. The number of anilines is 1. The number of nitrogens with zero attached hydrogens (tertiary/aromatic N) is 3. The third-order valence-electron chi connectivity index (χ3n) is 4.89. The molecule has 1 aliphatic carbocycles. The van der Waals surface area contributed by atoms with E-state index in [1.165, 1.54) is 19.5 Å². The summed E-state index contributed by atoms with van der Waals surface area (Å²) in [5.74, 6) is 0.0362. The van der Waals surface area contributed by atoms with Gasteiger partial charge in [-0.05, 0) is 30.2 Å². The first kappa shape index (κ1) is 40.0. The highest BCUT2D eigenvalue weighted by Gasteiger charge is 2.18. The lowest BCUT2D eigenvalue weighted by molar-refractivity contribution is 0.00818. The van der Waals surface area contributed by atoms with Crippen LogP contribution in [0.4, 0.5) is 23.4 Å². The number of Topliss-reactive ketones (excluding diaryl/α,β-unsaturated/α-hetero) is 1. The number of carbonyl (C=O) groups is 1. The van der Waals surface area contributed by atoms with Crippen LogP contribution in [0.25, 0.3) is 5.52 Å². The van der Waals surface area contributed by atoms with Crippen molar-refractivity contribution in [1.82, 2.24) is 25.2 Å². The molecule has 42 heavy (non-hydrogen) atoms. The van der Waals surface area contributed by atoms with Gasteiger partial charge in [0, 0.05) is 45.1 Å². The highest BCUT2D eigenvalue weighted by molar-refractivity contribution is 6.01. The van der Waals surface area contributed by atoms with Gasteiger partial charge in [0.25, 0.3) is 0 Å². The predicted molar refractivity (Wildman–Crippen MR) is 164 cm³/mol. The number of rotatable bonds is 9. The number of ether oxygens (including phenoxy) is 1. The van der Waals surface area contributed by atoms with Crippen LogP contribution in [0.5, 0.6) is 0 Å². The van der Waals surface area contributed by atoms with Crippen molar-refractivity contribution in [3.8, 4) is 0 Å². The molecular weight excluding hydrogens is 552 g/mol. The minimum Gasteiger partial charge on any atom is -0.389 e. The molecule has 1 aliphatic rings. The molecule has 12 heteroatoms. The van der Waals surface area contributed by atoms with Crippen molar-refractivity contribution in [3.05, 3.63) is 96.1 Å². The fraction of sp³-hybridized carbons (Fsp3) is 0.367. The van der Waals surface area contributed by atoms with Crippen molar-refractivity contribution in [2.45, 2.75) is 47.2 Å². The Balaban J connectivity index is 0. The first-order chi connectivity index (χ1) is 20.2. The molecule has 3 rings (SSSR count). The summed E-state index contributed by atoms with van der Waals surface area (Å²) in [5.41, 5.74) is 9.47. The summed E-state index contributed by atoms with van der Waals surface area (Å²) in [4.78, 5) is 16.3. The summed E-state index contributed by atoms with van der Waals surface area (Å²) >= 11 is 0. The van der Waals surface area contributed by atoms with Crippen molar-refractivity contribution in [3.63, 3.8) is 0 Å². The van der Waals surface area contributed by atoms with Gasteiger partial charge in [0.1, 0.15) is 24.3 Å². The number of likely N-dealkylation sites (N-methyl/N-ethyl adjacent to an activating group) is 1. The molecule has 4 N–H and O–H groups in total. The van der Waals surface area contributed by atoms with Crippen molar-refractivity contribution >= 4 is 17.1 Å². The van der Waals surface area contributed by atoms with Gasteiger partial charge in [-0.25, -0.2) is 13.9 Å². The number of halogens is 4. The number of hydrogen-bond donors (Lipinski definition) is 3. The number of hydrogen-bond acceptors (Lipinski definition) is 7. The van der Waals surface area contributed by atoms with Crippen LogP contribution in [0.3, 0.4) is 0 Å². The molecule has 0 spiro atoms. The summed E-state index contributed by atoms with van der Waals surface area (Å²) in [7, 11) is 5.04. The van der Waals surface area contributed by atoms with Gasteiger partial charge in [-0.3, -0.25) is 4.79 Å². The summed E-state index contributed by atoms with van der Waals surface area (Å²) in [5, 5.41) is 9.97. The first-order valence-electron chi connectivity index (χ1n) is 13.3. The SMILES string of the molecule is C=C/C=C(\C=C/Cc1c(C(=O)COC)cn2ncnc(N)c12)NC.CC.CC.CNC1=C(F)C=CC=CC1.FC(F)F. The molecule has 0 unspecified atom stereocenters. The Morgan fingerprint density at radius 3 is 2.40 bits per heavy atom. The third kappa shape index (κ3) is 15.0. The number of methoxy groups -OCH3 is 1. The number of nitrogen functional groups attached to an aromatic ring is 1. The van der Waals surface area contributed by atoms with Crippen LogP contribution < -0.4 is 16.4 Å². The number of nitrogens with one attached hydrogen (secondary N) is 2. The lowest BCUT2D eigenvalue weighted by atomic mass is 10.0. The molecular formula is C30H44F4N6O2. The maximum Gasteiger partial charge on any atom is 0.379 e. The third-order valence-corrected chi connectivity index (χ3v) is 4.89. The van der Waals surface area contributed by atoms with Crippen molar-refractivity contribution in [2.75, 3.05) is 33.5 Å². The van der Waals surface area contributed by atoms with Crippen molar-refractivity contribution in [2.24, 2.45) is 0 Å². The Kier molecular flexibility index (Phi) is 23.4. The van der Waals surface area contributed by atoms with E-state index in [0.717, 1.165) is 11.3 Å². The van der Waals surface area contributed by atoms with Crippen molar-refractivity contribution in [1.29, 1.82) is 0 Å². The molecule has 234 valence electrons. The van der Waals surface area contributed by atoms with E-state index in [0.29, 0.717) is 35.4 Å². The predicted octanol–water partition coefficient (Wildman–Crippen LogP) is 6.66. The standard InChI is InChI=1S/C17H21N5O2.C8H10FN.2C2H6.CHF3/c1-4-6-12(19-2)7-5-8-13-14(15(23)10-24-3)9-22-16(13)17(18)20-11-21-22;1-10-8-6-4-2-3-5-7(8)9;2*1-2;2-1(3)4/h4-7,9,11,19H,1,8,10H2,2-3H3,(H2,18,20,21);2-5,10H,6H2,1H3;2*1-2H3;1H/b7-5-,12-6+;;;;. The molecule has 0 saturated carbocycles. The van der Waals surface area contributed by atoms with E-state index >= 15 is 0 Å². The quantitative estimate of drug-likeness (QED) is 0.169. The Morgan fingerprint density at radius 1 is 1.21 bits per heavy atom. The van der Waals surface area contributed by atoms with E-state index in [4.69, 9.17) is 10.5 Å². The van der Waals surface area contributed by atoms with Gasteiger partial charge < -0.3 is 21.1 Å². The largest absolute Gasteiger partial charge is 0.389 e. The monoisotopic (exact) mass is 596 g/mol. The van der Waals surface area contributed by atoms with Gasteiger partial charge in [0.05, 0.1) is 5.70 Å². The highest BCUT2D eigenvalue weighted by Crippen LogP contribution is 2.23. The van der Waals surface area contributed by atoms with E-state index in [1.807, 2.05) is 65.1 Å². The van der Waals surface area contributed by atoms with Gasteiger partial charge in [-0.15, -0.1) is 0 Å². The lowest BCUT2D eigenvalue weighted by Crippen LogP contribution is -2.08. The molecule has 0 bridgehead atoms. The Morgan fingerprint density at radius 2 is 1.86 bits per heavy atom. The fourth-order valence-electron chi connectivity index (χ4n) is 3.23. The molecule has 0 aliphatic heterocycles. The summed E-state index contributed by atoms with van der Waals surface area (Å²) in [6, 6.07) is 0.